The molecule has 0 saturated carbocycles. The minimum Gasteiger partial charge on any atom is -0.457 e. The molecule has 0 spiro atoms. The van der Waals surface area contributed by atoms with Crippen LogP contribution in [-0.4, -0.2) is 49.9 Å². The number of allylic oxidation sites excluding steroid dienone is 6. The number of carbonyl (C=O) groups excluding carboxylic acids is 1. The number of nitrogens with two attached hydrogens (primary N) is 1. The quantitative estimate of drug-likeness (QED) is 0.0268. The van der Waals surface area contributed by atoms with E-state index in [1.807, 2.05) is 0 Å². The highest BCUT2D eigenvalue weighted by atomic mass is 31.2. The van der Waals surface area contributed by atoms with Gasteiger partial charge in [0, 0.05) is 19.6 Å². The molecule has 2 atom stereocenters. The molecule has 2 unspecified atom stereocenters. The predicted molar refractivity (Wildman–Crippen MR) is 284 cm³/mol. The molecule has 0 aromatic carbocycles. The van der Waals surface area contributed by atoms with Crippen LogP contribution in [0.2, 0.25) is 0 Å². The molecule has 66 heavy (non-hydrogen) atoms. The fourth-order valence-electron chi connectivity index (χ4n) is 8.32. The summed E-state index contributed by atoms with van der Waals surface area (Å²) < 4.78 is 33.7. The molecular weight excluding hydrogens is 842 g/mol. The smallest absolute Gasteiger partial charge is 0.457 e. The molecule has 8 nitrogen and oxygen atoms in total. The molecular formula is C57H110NO7P. The third-order valence-corrected chi connectivity index (χ3v) is 13.5. The van der Waals surface area contributed by atoms with Crippen molar-refractivity contribution in [3.63, 3.8) is 0 Å². The molecule has 0 aromatic rings. The van der Waals surface area contributed by atoms with Gasteiger partial charge in [0.05, 0.1) is 19.8 Å². The second-order valence-electron chi connectivity index (χ2n) is 19.1. The van der Waals surface area contributed by atoms with Gasteiger partial charge in [-0.15, -0.1) is 0 Å². The summed E-state index contributed by atoms with van der Waals surface area (Å²) in [4.78, 5) is 22.7. The highest BCUT2D eigenvalue weighted by Crippen LogP contribution is 2.43. The number of carbonyl (C=O) groups is 1. The Balaban J connectivity index is 3.87. The van der Waals surface area contributed by atoms with Crippen LogP contribution in [-0.2, 0) is 27.9 Å². The Morgan fingerprint density at radius 1 is 0.455 bits per heavy atom. The lowest BCUT2D eigenvalue weighted by molar-refractivity contribution is -0.154. The monoisotopic (exact) mass is 952 g/mol. The zero-order valence-electron chi connectivity index (χ0n) is 43.7. The zero-order valence-corrected chi connectivity index (χ0v) is 44.6. The summed E-state index contributed by atoms with van der Waals surface area (Å²) in [6.07, 6.45) is 66.2. The van der Waals surface area contributed by atoms with Crippen LogP contribution in [0.1, 0.15) is 284 Å². The number of hydrogen-bond acceptors (Lipinski definition) is 7. The first-order valence-electron chi connectivity index (χ1n) is 28.5. The zero-order chi connectivity index (χ0) is 48.0. The van der Waals surface area contributed by atoms with Gasteiger partial charge in [0.25, 0.3) is 0 Å². The van der Waals surface area contributed by atoms with E-state index < -0.39 is 13.9 Å². The van der Waals surface area contributed by atoms with Crippen molar-refractivity contribution in [3.8, 4) is 0 Å². The average Bonchev–Trinajstić information content (AvgIpc) is 3.31. The predicted octanol–water partition coefficient (Wildman–Crippen LogP) is 18.1. The molecule has 0 radical (unpaired) electrons. The third kappa shape index (κ3) is 53.7. The Kier molecular flexibility index (Phi) is 53.6. The SMILES string of the molecule is CCCCCCC/C=C\C/C=C\CCCCCCCCCCCCCC(=O)OC(COCCCCCCCCCCCCCC/C=C\CCCCCCCCCC)COP(=O)(O)OCCN. The summed E-state index contributed by atoms with van der Waals surface area (Å²) in [6, 6.07) is 0. The Bertz CT molecular complexity index is 1110. The van der Waals surface area contributed by atoms with Crippen molar-refractivity contribution in [3.05, 3.63) is 36.5 Å². The molecule has 0 fully saturated rings. The van der Waals surface area contributed by atoms with Crippen molar-refractivity contribution < 1.29 is 32.8 Å². The lowest BCUT2D eigenvalue weighted by Crippen LogP contribution is -2.28. The molecule has 9 heteroatoms. The van der Waals surface area contributed by atoms with Gasteiger partial charge >= 0.3 is 13.8 Å². The fourth-order valence-corrected chi connectivity index (χ4v) is 9.08. The molecule has 390 valence electrons. The minimum absolute atomic E-state index is 0.0948. The second-order valence-corrected chi connectivity index (χ2v) is 20.6. The molecule has 0 aromatic heterocycles. The van der Waals surface area contributed by atoms with Gasteiger partial charge in [-0.25, -0.2) is 4.57 Å². The number of ether oxygens (including phenoxy) is 2. The first-order valence-corrected chi connectivity index (χ1v) is 30.0. The van der Waals surface area contributed by atoms with Gasteiger partial charge in [0.1, 0.15) is 6.10 Å². The summed E-state index contributed by atoms with van der Waals surface area (Å²) in [6.45, 7) is 4.96. The molecule has 0 amide bonds. The number of hydrogen-bond donors (Lipinski definition) is 2. The number of phosphoric acid groups is 1. The van der Waals surface area contributed by atoms with E-state index in [1.54, 1.807) is 0 Å². The molecule has 0 aliphatic carbocycles. The van der Waals surface area contributed by atoms with Gasteiger partial charge in [-0.3, -0.25) is 13.8 Å². The van der Waals surface area contributed by atoms with Crippen LogP contribution in [0.5, 0.6) is 0 Å². The summed E-state index contributed by atoms with van der Waals surface area (Å²) in [5.74, 6) is -0.328. The van der Waals surface area contributed by atoms with Crippen molar-refractivity contribution >= 4 is 13.8 Å². The molecule has 0 heterocycles. The van der Waals surface area contributed by atoms with Crippen LogP contribution in [0.25, 0.3) is 0 Å². The lowest BCUT2D eigenvalue weighted by Gasteiger charge is -2.20. The highest BCUT2D eigenvalue weighted by molar-refractivity contribution is 7.47. The van der Waals surface area contributed by atoms with E-state index in [0.29, 0.717) is 13.0 Å². The van der Waals surface area contributed by atoms with Crippen molar-refractivity contribution in [1.29, 1.82) is 0 Å². The molecule has 0 aliphatic heterocycles. The summed E-state index contributed by atoms with van der Waals surface area (Å²) >= 11 is 0. The van der Waals surface area contributed by atoms with E-state index in [4.69, 9.17) is 24.3 Å². The molecule has 0 rings (SSSR count). The van der Waals surface area contributed by atoms with Gasteiger partial charge in [-0.2, -0.15) is 0 Å². The maximum atomic E-state index is 12.7. The second kappa shape index (κ2) is 54.7. The Labute approximate surface area is 409 Å². The topological polar surface area (TPSA) is 117 Å². The van der Waals surface area contributed by atoms with Crippen LogP contribution in [0.15, 0.2) is 36.5 Å². The van der Waals surface area contributed by atoms with Gasteiger partial charge in [-0.05, 0) is 70.6 Å². The maximum absolute atomic E-state index is 12.7. The van der Waals surface area contributed by atoms with E-state index in [9.17, 15) is 14.3 Å². The van der Waals surface area contributed by atoms with Gasteiger partial charge in [-0.1, -0.05) is 243 Å². The third-order valence-electron chi connectivity index (χ3n) is 12.5. The molecule has 0 saturated heterocycles. The average molecular weight is 952 g/mol. The number of phosphoric ester groups is 1. The Morgan fingerprint density at radius 2 is 0.803 bits per heavy atom. The fraction of sp³-hybridized carbons (Fsp3) is 0.877. The van der Waals surface area contributed by atoms with E-state index in [-0.39, 0.29) is 32.3 Å². The normalized spacial score (nSPS) is 13.5. The van der Waals surface area contributed by atoms with Crippen molar-refractivity contribution in [1.82, 2.24) is 0 Å². The number of unbranched alkanes of at least 4 members (excludes halogenated alkanes) is 36. The first kappa shape index (κ1) is 64.7. The molecule has 0 bridgehead atoms. The summed E-state index contributed by atoms with van der Waals surface area (Å²) in [5, 5.41) is 0. The molecule has 3 N–H and O–H groups in total. The number of rotatable bonds is 55. The van der Waals surface area contributed by atoms with Crippen molar-refractivity contribution in [2.45, 2.75) is 290 Å². The van der Waals surface area contributed by atoms with Gasteiger partial charge in [0.15, 0.2) is 0 Å². The van der Waals surface area contributed by atoms with Crippen LogP contribution in [0.4, 0.5) is 0 Å². The van der Waals surface area contributed by atoms with Crippen LogP contribution >= 0.6 is 7.82 Å². The Hall–Kier alpha value is -1.28. The lowest BCUT2D eigenvalue weighted by atomic mass is 10.0. The molecule has 0 aliphatic rings. The van der Waals surface area contributed by atoms with Crippen molar-refractivity contribution in [2.75, 3.05) is 33.0 Å². The van der Waals surface area contributed by atoms with E-state index in [0.717, 1.165) is 38.5 Å². The van der Waals surface area contributed by atoms with Crippen LogP contribution in [0.3, 0.4) is 0 Å². The van der Waals surface area contributed by atoms with Crippen LogP contribution in [0, 0.1) is 0 Å². The minimum atomic E-state index is -4.29. The first-order chi connectivity index (χ1) is 32.4. The van der Waals surface area contributed by atoms with Crippen molar-refractivity contribution in [2.24, 2.45) is 5.73 Å². The highest BCUT2D eigenvalue weighted by Gasteiger charge is 2.25. The maximum Gasteiger partial charge on any atom is 0.472 e. The Morgan fingerprint density at radius 3 is 1.20 bits per heavy atom. The van der Waals surface area contributed by atoms with E-state index in [2.05, 4.69) is 50.3 Å². The van der Waals surface area contributed by atoms with Gasteiger partial charge < -0.3 is 20.1 Å². The largest absolute Gasteiger partial charge is 0.472 e. The summed E-state index contributed by atoms with van der Waals surface area (Å²) in [7, 11) is -4.29. The van der Waals surface area contributed by atoms with E-state index in [1.165, 1.54) is 225 Å². The standard InChI is InChI=1S/C57H110NO7P/c1-3-5-7-9-11-13-15-17-19-21-23-25-27-29-31-33-35-37-39-41-43-45-47-49-52-62-54-56(55-64-66(60,61)63-53-51-58)65-57(59)50-48-46-44-42-40-38-36-34-32-30-28-26-24-22-20-18-16-14-12-10-8-6-4-2/h16,18,21-24,56H,3-15,17,19-20,25-55,58H2,1-2H3,(H,60,61)/b18-16-,23-21-,24-22-. The van der Waals surface area contributed by atoms with Crippen LogP contribution < -0.4 is 5.73 Å². The summed E-state index contributed by atoms with van der Waals surface area (Å²) in [5.41, 5.74) is 5.40. The van der Waals surface area contributed by atoms with Gasteiger partial charge in [0.2, 0.25) is 0 Å². The van der Waals surface area contributed by atoms with E-state index >= 15 is 0 Å². The number of esters is 1.